The third-order valence-corrected chi connectivity index (χ3v) is 4.00. The SMILES string of the molecule is C(=N/Nc1nc(-c2cccs2)cs1)/c1ccncc1. The van der Waals surface area contributed by atoms with Gasteiger partial charge in [-0.3, -0.25) is 10.4 Å². The van der Waals surface area contributed by atoms with Crippen molar-refractivity contribution < 1.29 is 0 Å². The molecule has 1 N–H and O–H groups in total. The lowest BCUT2D eigenvalue weighted by Crippen LogP contribution is -1.89. The van der Waals surface area contributed by atoms with Crippen LogP contribution in [0.2, 0.25) is 0 Å². The summed E-state index contributed by atoms with van der Waals surface area (Å²) in [6.45, 7) is 0. The van der Waals surface area contributed by atoms with Crippen molar-refractivity contribution in [1.29, 1.82) is 0 Å². The molecule has 4 nitrogen and oxygen atoms in total. The number of hydrogen-bond acceptors (Lipinski definition) is 6. The first-order valence-corrected chi connectivity index (χ1v) is 7.36. The van der Waals surface area contributed by atoms with E-state index < -0.39 is 0 Å². The minimum Gasteiger partial charge on any atom is -0.265 e. The maximum Gasteiger partial charge on any atom is 0.203 e. The van der Waals surface area contributed by atoms with Gasteiger partial charge in [0.05, 0.1) is 16.8 Å². The van der Waals surface area contributed by atoms with Crippen molar-refractivity contribution in [3.63, 3.8) is 0 Å². The van der Waals surface area contributed by atoms with Gasteiger partial charge in [-0.1, -0.05) is 6.07 Å². The summed E-state index contributed by atoms with van der Waals surface area (Å²) in [5.41, 5.74) is 4.92. The van der Waals surface area contributed by atoms with Gasteiger partial charge in [-0.15, -0.1) is 22.7 Å². The highest BCUT2D eigenvalue weighted by atomic mass is 32.1. The number of rotatable bonds is 4. The molecule has 0 aliphatic rings. The second-order valence-electron chi connectivity index (χ2n) is 3.67. The topological polar surface area (TPSA) is 50.2 Å². The Morgan fingerprint density at radius 1 is 1.16 bits per heavy atom. The smallest absolute Gasteiger partial charge is 0.203 e. The van der Waals surface area contributed by atoms with Gasteiger partial charge in [0.1, 0.15) is 0 Å². The summed E-state index contributed by atoms with van der Waals surface area (Å²) in [4.78, 5) is 9.60. The number of hydrogen-bond donors (Lipinski definition) is 1. The molecule has 0 aliphatic carbocycles. The fraction of sp³-hybridized carbons (Fsp3) is 0. The van der Waals surface area contributed by atoms with Crippen molar-refractivity contribution in [2.75, 3.05) is 5.43 Å². The van der Waals surface area contributed by atoms with E-state index in [0.29, 0.717) is 0 Å². The Morgan fingerprint density at radius 3 is 2.84 bits per heavy atom. The lowest BCUT2D eigenvalue weighted by molar-refractivity contribution is 1.28. The van der Waals surface area contributed by atoms with Crippen molar-refractivity contribution >= 4 is 34.0 Å². The summed E-state index contributed by atoms with van der Waals surface area (Å²) in [6, 6.07) is 7.87. The Bertz CT molecular complexity index is 659. The molecule has 0 aliphatic heterocycles. The molecule has 3 rings (SSSR count). The van der Waals surface area contributed by atoms with Crippen LogP contribution < -0.4 is 5.43 Å². The summed E-state index contributed by atoms with van der Waals surface area (Å²) >= 11 is 3.22. The van der Waals surface area contributed by atoms with Crippen LogP contribution in [0, 0.1) is 0 Å². The number of nitrogens with one attached hydrogen (secondary N) is 1. The van der Waals surface area contributed by atoms with Gasteiger partial charge in [0.2, 0.25) is 5.13 Å². The molecular formula is C13H10N4S2. The van der Waals surface area contributed by atoms with E-state index in [4.69, 9.17) is 0 Å². The fourth-order valence-electron chi connectivity index (χ4n) is 1.47. The van der Waals surface area contributed by atoms with Crippen LogP contribution in [-0.4, -0.2) is 16.2 Å². The molecule has 19 heavy (non-hydrogen) atoms. The van der Waals surface area contributed by atoms with E-state index >= 15 is 0 Å². The maximum atomic E-state index is 4.48. The highest BCUT2D eigenvalue weighted by Gasteiger charge is 2.03. The molecule has 0 bridgehead atoms. The molecule has 0 radical (unpaired) electrons. The van der Waals surface area contributed by atoms with Crippen LogP contribution in [0.1, 0.15) is 5.56 Å². The van der Waals surface area contributed by atoms with Crippen LogP contribution >= 0.6 is 22.7 Å². The first-order valence-electron chi connectivity index (χ1n) is 5.60. The molecule has 94 valence electrons. The number of hydrazone groups is 1. The Morgan fingerprint density at radius 2 is 2.05 bits per heavy atom. The van der Waals surface area contributed by atoms with Crippen LogP contribution in [0.3, 0.4) is 0 Å². The lowest BCUT2D eigenvalue weighted by atomic mass is 10.3. The molecule has 0 unspecified atom stereocenters. The number of pyridine rings is 1. The summed E-state index contributed by atoms with van der Waals surface area (Å²) < 4.78 is 0. The van der Waals surface area contributed by atoms with E-state index in [1.165, 1.54) is 4.88 Å². The van der Waals surface area contributed by atoms with E-state index in [2.05, 4.69) is 26.6 Å². The largest absolute Gasteiger partial charge is 0.265 e. The Labute approximate surface area is 118 Å². The highest BCUT2D eigenvalue weighted by Crippen LogP contribution is 2.28. The van der Waals surface area contributed by atoms with E-state index in [-0.39, 0.29) is 0 Å². The first-order chi connectivity index (χ1) is 9.42. The summed E-state index contributed by atoms with van der Waals surface area (Å²) in [5, 5.41) is 9.01. The molecule has 0 saturated heterocycles. The van der Waals surface area contributed by atoms with Crippen LogP contribution in [-0.2, 0) is 0 Å². The monoisotopic (exact) mass is 286 g/mol. The zero-order valence-electron chi connectivity index (χ0n) is 9.85. The Kier molecular flexibility index (Phi) is 3.62. The quantitative estimate of drug-likeness (QED) is 0.587. The van der Waals surface area contributed by atoms with Crippen molar-refractivity contribution in [3.8, 4) is 10.6 Å². The second kappa shape index (κ2) is 5.73. The van der Waals surface area contributed by atoms with Gasteiger partial charge in [0.25, 0.3) is 0 Å². The fourth-order valence-corrected chi connectivity index (χ4v) is 2.89. The minimum atomic E-state index is 0.786. The first kappa shape index (κ1) is 12.0. The lowest BCUT2D eigenvalue weighted by Gasteiger charge is -1.93. The van der Waals surface area contributed by atoms with Gasteiger partial charge in [0, 0.05) is 17.8 Å². The number of thiophene rings is 1. The van der Waals surface area contributed by atoms with Crippen molar-refractivity contribution in [1.82, 2.24) is 9.97 Å². The molecule has 0 atom stereocenters. The zero-order chi connectivity index (χ0) is 12.9. The van der Waals surface area contributed by atoms with Gasteiger partial charge in [-0.25, -0.2) is 4.98 Å². The minimum absolute atomic E-state index is 0.786. The normalized spacial score (nSPS) is 10.9. The standard InChI is InChI=1S/C13H10N4S2/c1-2-12(18-7-1)11-9-19-13(16-11)17-15-8-10-3-5-14-6-4-10/h1-9H,(H,16,17)/b15-8-. The molecule has 6 heteroatoms. The van der Waals surface area contributed by atoms with E-state index in [0.717, 1.165) is 16.4 Å². The van der Waals surface area contributed by atoms with Crippen LogP contribution in [0.25, 0.3) is 10.6 Å². The van der Waals surface area contributed by atoms with Gasteiger partial charge in [-0.2, -0.15) is 5.10 Å². The number of nitrogens with zero attached hydrogens (tertiary/aromatic N) is 3. The molecule has 3 aromatic heterocycles. The highest BCUT2D eigenvalue weighted by molar-refractivity contribution is 7.15. The average molecular weight is 286 g/mol. The number of thiazole rings is 1. The molecule has 0 saturated carbocycles. The zero-order valence-corrected chi connectivity index (χ0v) is 11.5. The summed E-state index contributed by atoms with van der Waals surface area (Å²) in [6.07, 6.45) is 5.22. The third-order valence-electron chi connectivity index (χ3n) is 2.36. The van der Waals surface area contributed by atoms with E-state index in [1.807, 2.05) is 29.0 Å². The van der Waals surface area contributed by atoms with Crippen molar-refractivity contribution in [3.05, 3.63) is 53.0 Å². The second-order valence-corrected chi connectivity index (χ2v) is 5.47. The third kappa shape index (κ3) is 3.04. The molecule has 3 heterocycles. The van der Waals surface area contributed by atoms with Crippen LogP contribution in [0.4, 0.5) is 5.13 Å². The molecule has 0 aromatic carbocycles. The molecular weight excluding hydrogens is 276 g/mol. The van der Waals surface area contributed by atoms with Gasteiger partial charge >= 0.3 is 0 Å². The van der Waals surface area contributed by atoms with Gasteiger partial charge in [0.15, 0.2) is 0 Å². The Balaban J connectivity index is 1.67. The van der Waals surface area contributed by atoms with Gasteiger partial charge in [-0.05, 0) is 29.1 Å². The average Bonchev–Trinajstić information content (AvgIpc) is 3.10. The van der Waals surface area contributed by atoms with E-state index in [9.17, 15) is 0 Å². The molecule has 0 spiro atoms. The van der Waals surface area contributed by atoms with Crippen molar-refractivity contribution in [2.45, 2.75) is 0 Å². The predicted molar refractivity (Wildman–Crippen MR) is 80.9 cm³/mol. The number of anilines is 1. The maximum absolute atomic E-state index is 4.48. The molecule has 0 fully saturated rings. The van der Waals surface area contributed by atoms with Gasteiger partial charge < -0.3 is 0 Å². The van der Waals surface area contributed by atoms with Crippen LogP contribution in [0.15, 0.2) is 52.5 Å². The molecule has 3 aromatic rings. The summed E-state index contributed by atoms with van der Waals surface area (Å²) in [5.74, 6) is 0. The summed E-state index contributed by atoms with van der Waals surface area (Å²) in [7, 11) is 0. The number of aromatic nitrogens is 2. The van der Waals surface area contributed by atoms with E-state index in [1.54, 1.807) is 41.3 Å². The van der Waals surface area contributed by atoms with Crippen molar-refractivity contribution in [2.24, 2.45) is 5.10 Å². The van der Waals surface area contributed by atoms with Crippen LogP contribution in [0.5, 0.6) is 0 Å². The Hall–Kier alpha value is -2.05. The molecule has 0 amide bonds. The predicted octanol–water partition coefficient (Wildman–Crippen LogP) is 3.71.